The van der Waals surface area contributed by atoms with Gasteiger partial charge in [-0.3, -0.25) is 14.6 Å². The van der Waals surface area contributed by atoms with Crippen LogP contribution in [0.2, 0.25) is 0 Å². The summed E-state index contributed by atoms with van der Waals surface area (Å²) < 4.78 is 0. The number of hydrogen-bond donors (Lipinski definition) is 2. The molecule has 0 spiro atoms. The Balaban J connectivity index is 1.27. The van der Waals surface area contributed by atoms with Crippen molar-refractivity contribution in [3.8, 4) is 0 Å². The first kappa shape index (κ1) is 18.3. The molecule has 3 heterocycles. The van der Waals surface area contributed by atoms with Gasteiger partial charge >= 0.3 is 0 Å². The monoisotopic (exact) mass is 377 g/mol. The zero-order chi connectivity index (χ0) is 19.3. The second-order valence-corrected chi connectivity index (χ2v) is 7.04. The Morgan fingerprint density at radius 3 is 2.68 bits per heavy atom. The predicted octanol–water partition coefficient (Wildman–Crippen LogP) is 1.75. The molecule has 0 aliphatic carbocycles. The van der Waals surface area contributed by atoms with E-state index in [1.165, 1.54) is 0 Å². The first-order valence-electron chi connectivity index (χ1n) is 9.61. The van der Waals surface area contributed by atoms with Crippen LogP contribution in [0.1, 0.15) is 29.0 Å². The number of rotatable bonds is 5. The Labute approximate surface area is 162 Å². The van der Waals surface area contributed by atoms with Gasteiger partial charge in [0.1, 0.15) is 5.82 Å². The highest BCUT2D eigenvalue weighted by Gasteiger charge is 2.23. The summed E-state index contributed by atoms with van der Waals surface area (Å²) in [7, 11) is 0. The maximum Gasteiger partial charge on any atom is 0.258 e. The molecule has 1 aliphatic heterocycles. The SMILES string of the molecule is O=C(c1ccncc1)N1CCC(NCCc2nc3ccccc3c(=O)[nH]2)CC1. The molecule has 4 rings (SSSR count). The molecule has 0 atom stereocenters. The highest BCUT2D eigenvalue weighted by Crippen LogP contribution is 2.14. The molecular weight excluding hydrogens is 354 g/mol. The maximum absolute atomic E-state index is 12.5. The van der Waals surface area contributed by atoms with Crippen LogP contribution in [0.25, 0.3) is 10.9 Å². The molecule has 0 unspecified atom stereocenters. The topological polar surface area (TPSA) is 91.0 Å². The van der Waals surface area contributed by atoms with Gasteiger partial charge in [0.25, 0.3) is 11.5 Å². The van der Waals surface area contributed by atoms with E-state index in [1.54, 1.807) is 30.6 Å². The Hall–Kier alpha value is -3.06. The van der Waals surface area contributed by atoms with E-state index in [0.29, 0.717) is 29.2 Å². The third-order valence-electron chi connectivity index (χ3n) is 5.17. The van der Waals surface area contributed by atoms with Crippen molar-refractivity contribution in [1.82, 2.24) is 25.2 Å². The molecule has 3 aromatic rings. The Bertz CT molecular complexity index is 1010. The average Bonchev–Trinajstić information content (AvgIpc) is 2.74. The molecule has 2 aromatic heterocycles. The summed E-state index contributed by atoms with van der Waals surface area (Å²) in [6, 6.07) is 11.2. The molecular formula is C21H23N5O2. The lowest BCUT2D eigenvalue weighted by Gasteiger charge is -2.32. The lowest BCUT2D eigenvalue weighted by Crippen LogP contribution is -2.45. The van der Waals surface area contributed by atoms with Gasteiger partial charge in [0.15, 0.2) is 0 Å². The molecule has 7 nitrogen and oxygen atoms in total. The number of carbonyl (C=O) groups is 1. The first-order valence-corrected chi connectivity index (χ1v) is 9.61. The number of H-pyrrole nitrogens is 1. The minimum atomic E-state index is -0.0940. The summed E-state index contributed by atoms with van der Waals surface area (Å²) in [5, 5.41) is 4.14. The number of pyridine rings is 1. The highest BCUT2D eigenvalue weighted by molar-refractivity contribution is 5.94. The van der Waals surface area contributed by atoms with Gasteiger partial charge in [0.2, 0.25) is 0 Å². The summed E-state index contributed by atoms with van der Waals surface area (Å²) >= 11 is 0. The molecule has 1 aliphatic rings. The highest BCUT2D eigenvalue weighted by atomic mass is 16.2. The van der Waals surface area contributed by atoms with Gasteiger partial charge in [0, 0.05) is 50.1 Å². The Kier molecular flexibility index (Phi) is 5.43. The van der Waals surface area contributed by atoms with Crippen molar-refractivity contribution < 1.29 is 4.79 Å². The number of piperidine rings is 1. The number of hydrogen-bond acceptors (Lipinski definition) is 5. The number of aromatic amines is 1. The van der Waals surface area contributed by atoms with Crippen molar-refractivity contribution in [3.63, 3.8) is 0 Å². The lowest BCUT2D eigenvalue weighted by molar-refractivity contribution is 0.0705. The summed E-state index contributed by atoms with van der Waals surface area (Å²) in [5.41, 5.74) is 1.32. The van der Waals surface area contributed by atoms with Crippen LogP contribution in [0.5, 0.6) is 0 Å². The van der Waals surface area contributed by atoms with Gasteiger partial charge in [-0.1, -0.05) is 12.1 Å². The van der Waals surface area contributed by atoms with E-state index in [0.717, 1.165) is 38.0 Å². The second-order valence-electron chi connectivity index (χ2n) is 7.04. The molecule has 0 bridgehead atoms. The van der Waals surface area contributed by atoms with Gasteiger partial charge in [0.05, 0.1) is 10.9 Å². The number of para-hydroxylation sites is 1. The third-order valence-corrected chi connectivity index (χ3v) is 5.17. The van der Waals surface area contributed by atoms with Crippen LogP contribution in [-0.4, -0.2) is 51.4 Å². The molecule has 1 saturated heterocycles. The predicted molar refractivity (Wildman–Crippen MR) is 107 cm³/mol. The first-order chi connectivity index (χ1) is 13.7. The van der Waals surface area contributed by atoms with Crippen LogP contribution in [0.4, 0.5) is 0 Å². The summed E-state index contributed by atoms with van der Waals surface area (Å²) in [6.07, 6.45) is 5.78. The van der Waals surface area contributed by atoms with E-state index in [-0.39, 0.29) is 11.5 Å². The Morgan fingerprint density at radius 1 is 1.14 bits per heavy atom. The quantitative estimate of drug-likeness (QED) is 0.707. The van der Waals surface area contributed by atoms with E-state index >= 15 is 0 Å². The standard InChI is InChI=1S/C21H23N5O2/c27-20-17-3-1-2-4-18(17)24-19(25-20)7-12-23-16-8-13-26(14-9-16)21(28)15-5-10-22-11-6-15/h1-6,10-11,16,23H,7-9,12-14H2,(H,24,25,27). The number of fused-ring (bicyclic) bond motifs is 1. The van der Waals surface area contributed by atoms with Gasteiger partial charge in [-0.2, -0.15) is 0 Å². The van der Waals surface area contributed by atoms with E-state index in [1.807, 2.05) is 23.1 Å². The van der Waals surface area contributed by atoms with Crippen molar-refractivity contribution in [2.75, 3.05) is 19.6 Å². The van der Waals surface area contributed by atoms with Gasteiger partial charge < -0.3 is 15.2 Å². The molecule has 28 heavy (non-hydrogen) atoms. The van der Waals surface area contributed by atoms with E-state index in [9.17, 15) is 9.59 Å². The zero-order valence-corrected chi connectivity index (χ0v) is 15.6. The van der Waals surface area contributed by atoms with Crippen LogP contribution in [0.15, 0.2) is 53.6 Å². The van der Waals surface area contributed by atoms with Gasteiger partial charge in [-0.15, -0.1) is 0 Å². The fraction of sp³-hybridized carbons (Fsp3) is 0.333. The maximum atomic E-state index is 12.5. The fourth-order valence-corrected chi connectivity index (χ4v) is 3.61. The summed E-state index contributed by atoms with van der Waals surface area (Å²) in [4.78, 5) is 37.9. The molecule has 144 valence electrons. The third kappa shape index (κ3) is 4.09. The minimum absolute atomic E-state index is 0.0683. The van der Waals surface area contributed by atoms with E-state index < -0.39 is 0 Å². The second kappa shape index (κ2) is 8.31. The zero-order valence-electron chi connectivity index (χ0n) is 15.6. The van der Waals surface area contributed by atoms with Crippen LogP contribution < -0.4 is 10.9 Å². The van der Waals surface area contributed by atoms with E-state index in [4.69, 9.17) is 0 Å². The number of likely N-dealkylation sites (tertiary alicyclic amines) is 1. The van der Waals surface area contributed by atoms with Gasteiger partial charge in [-0.25, -0.2) is 4.98 Å². The van der Waals surface area contributed by atoms with Crippen LogP contribution in [0, 0.1) is 0 Å². The molecule has 2 N–H and O–H groups in total. The molecule has 1 amide bonds. The number of amides is 1. The van der Waals surface area contributed by atoms with Crippen LogP contribution >= 0.6 is 0 Å². The summed E-state index contributed by atoms with van der Waals surface area (Å²) in [6.45, 7) is 2.22. The van der Waals surface area contributed by atoms with Crippen molar-refractivity contribution in [2.24, 2.45) is 0 Å². The molecule has 1 aromatic carbocycles. The average molecular weight is 377 g/mol. The number of nitrogens with one attached hydrogen (secondary N) is 2. The number of nitrogens with zero attached hydrogens (tertiary/aromatic N) is 3. The van der Waals surface area contributed by atoms with Crippen molar-refractivity contribution in [3.05, 3.63) is 70.5 Å². The van der Waals surface area contributed by atoms with E-state index in [2.05, 4.69) is 20.3 Å². The molecule has 0 radical (unpaired) electrons. The normalized spacial score (nSPS) is 15.1. The number of aromatic nitrogens is 3. The van der Waals surface area contributed by atoms with Crippen LogP contribution in [-0.2, 0) is 6.42 Å². The minimum Gasteiger partial charge on any atom is -0.339 e. The Morgan fingerprint density at radius 2 is 1.89 bits per heavy atom. The van der Waals surface area contributed by atoms with Gasteiger partial charge in [-0.05, 0) is 37.1 Å². The van der Waals surface area contributed by atoms with Crippen molar-refractivity contribution in [2.45, 2.75) is 25.3 Å². The molecule has 0 saturated carbocycles. The largest absolute Gasteiger partial charge is 0.339 e. The fourth-order valence-electron chi connectivity index (χ4n) is 3.61. The lowest BCUT2D eigenvalue weighted by atomic mass is 10.0. The van der Waals surface area contributed by atoms with Crippen molar-refractivity contribution >= 4 is 16.8 Å². The summed E-state index contributed by atoms with van der Waals surface area (Å²) in [5.74, 6) is 0.764. The van der Waals surface area contributed by atoms with Crippen molar-refractivity contribution in [1.29, 1.82) is 0 Å². The number of benzene rings is 1. The smallest absolute Gasteiger partial charge is 0.258 e. The molecule has 1 fully saturated rings. The molecule has 7 heteroatoms. The number of carbonyl (C=O) groups excluding carboxylic acids is 1. The van der Waals surface area contributed by atoms with Crippen LogP contribution in [0.3, 0.4) is 0 Å².